The van der Waals surface area contributed by atoms with E-state index in [1.165, 1.54) is 6.07 Å². The SMILES string of the molecule is C[C@@H](CC(=O)OCC(=O)Nc1ccccc1C(N)=O)c1ccccc1. The molecule has 2 aromatic carbocycles. The van der Waals surface area contributed by atoms with E-state index in [2.05, 4.69) is 5.32 Å². The number of primary amides is 1. The Morgan fingerprint density at radius 3 is 2.36 bits per heavy atom. The van der Waals surface area contributed by atoms with E-state index >= 15 is 0 Å². The second kappa shape index (κ2) is 8.63. The Kier molecular flexibility index (Phi) is 6.28. The van der Waals surface area contributed by atoms with Gasteiger partial charge in [0.05, 0.1) is 17.7 Å². The van der Waals surface area contributed by atoms with Crippen molar-refractivity contribution in [2.75, 3.05) is 11.9 Å². The van der Waals surface area contributed by atoms with Gasteiger partial charge in [0.25, 0.3) is 11.8 Å². The highest BCUT2D eigenvalue weighted by molar-refractivity contribution is 6.03. The van der Waals surface area contributed by atoms with Crippen LogP contribution in [0.25, 0.3) is 0 Å². The predicted octanol–water partition coefficient (Wildman–Crippen LogP) is 2.46. The van der Waals surface area contributed by atoms with Gasteiger partial charge in [-0.2, -0.15) is 0 Å². The van der Waals surface area contributed by atoms with Gasteiger partial charge in [-0.3, -0.25) is 14.4 Å². The molecule has 2 rings (SSSR count). The average molecular weight is 340 g/mol. The van der Waals surface area contributed by atoms with Gasteiger partial charge in [0.2, 0.25) is 0 Å². The topological polar surface area (TPSA) is 98.5 Å². The van der Waals surface area contributed by atoms with Crippen molar-refractivity contribution in [3.63, 3.8) is 0 Å². The van der Waals surface area contributed by atoms with Gasteiger partial charge >= 0.3 is 5.97 Å². The fourth-order valence-corrected chi connectivity index (χ4v) is 2.35. The summed E-state index contributed by atoms with van der Waals surface area (Å²) in [6, 6.07) is 15.9. The Morgan fingerprint density at radius 1 is 1.04 bits per heavy atom. The minimum atomic E-state index is -0.649. The highest BCUT2D eigenvalue weighted by Crippen LogP contribution is 2.19. The Bertz CT molecular complexity index is 759. The van der Waals surface area contributed by atoms with E-state index in [0.717, 1.165) is 5.56 Å². The van der Waals surface area contributed by atoms with Crippen LogP contribution in [0.4, 0.5) is 5.69 Å². The van der Waals surface area contributed by atoms with Gasteiger partial charge in [-0.15, -0.1) is 0 Å². The van der Waals surface area contributed by atoms with Crippen molar-refractivity contribution < 1.29 is 19.1 Å². The number of ether oxygens (including phenoxy) is 1. The van der Waals surface area contributed by atoms with Crippen molar-refractivity contribution in [3.8, 4) is 0 Å². The fourth-order valence-electron chi connectivity index (χ4n) is 2.35. The molecule has 130 valence electrons. The lowest BCUT2D eigenvalue weighted by atomic mass is 9.98. The predicted molar refractivity (Wildman–Crippen MR) is 94.0 cm³/mol. The van der Waals surface area contributed by atoms with Crippen molar-refractivity contribution in [1.82, 2.24) is 0 Å². The minimum absolute atomic E-state index is 0.00708. The highest BCUT2D eigenvalue weighted by Gasteiger charge is 2.15. The van der Waals surface area contributed by atoms with Crippen LogP contribution in [0.5, 0.6) is 0 Å². The summed E-state index contributed by atoms with van der Waals surface area (Å²) < 4.78 is 5.00. The number of benzene rings is 2. The van der Waals surface area contributed by atoms with Crippen LogP contribution in [0.1, 0.15) is 35.2 Å². The molecule has 0 aliphatic rings. The van der Waals surface area contributed by atoms with Crippen LogP contribution < -0.4 is 11.1 Å². The van der Waals surface area contributed by atoms with Crippen LogP contribution in [-0.2, 0) is 14.3 Å². The van der Waals surface area contributed by atoms with Crippen LogP contribution in [0.3, 0.4) is 0 Å². The number of anilines is 1. The third kappa shape index (κ3) is 5.46. The average Bonchev–Trinajstić information content (AvgIpc) is 2.61. The lowest BCUT2D eigenvalue weighted by Crippen LogP contribution is -2.23. The number of para-hydroxylation sites is 1. The molecule has 0 spiro atoms. The highest BCUT2D eigenvalue weighted by atomic mass is 16.5. The van der Waals surface area contributed by atoms with Crippen molar-refractivity contribution in [2.45, 2.75) is 19.3 Å². The van der Waals surface area contributed by atoms with E-state index in [-0.39, 0.29) is 23.6 Å². The largest absolute Gasteiger partial charge is 0.456 e. The maximum atomic E-state index is 11.9. The molecule has 25 heavy (non-hydrogen) atoms. The smallest absolute Gasteiger partial charge is 0.306 e. The molecule has 0 unspecified atom stereocenters. The van der Waals surface area contributed by atoms with Gasteiger partial charge in [-0.25, -0.2) is 0 Å². The molecule has 6 nitrogen and oxygen atoms in total. The number of esters is 1. The standard InChI is InChI=1S/C19H20N2O4/c1-13(14-7-3-2-4-8-14)11-18(23)25-12-17(22)21-16-10-6-5-9-15(16)19(20)24/h2-10,13H,11-12H2,1H3,(H2,20,24)(H,21,22)/t13-/m0/s1. The van der Waals surface area contributed by atoms with E-state index in [0.29, 0.717) is 0 Å². The molecule has 0 saturated carbocycles. The number of hydrogen-bond acceptors (Lipinski definition) is 4. The Hall–Kier alpha value is -3.15. The molecule has 0 radical (unpaired) electrons. The molecule has 3 N–H and O–H groups in total. The first-order valence-corrected chi connectivity index (χ1v) is 7.86. The lowest BCUT2D eigenvalue weighted by Gasteiger charge is -2.12. The molecule has 1 atom stereocenters. The molecule has 0 saturated heterocycles. The maximum absolute atomic E-state index is 11.9. The quantitative estimate of drug-likeness (QED) is 0.756. The summed E-state index contributed by atoms with van der Waals surface area (Å²) in [6.07, 6.45) is 0.176. The zero-order valence-electron chi connectivity index (χ0n) is 13.9. The van der Waals surface area contributed by atoms with E-state index in [9.17, 15) is 14.4 Å². The Morgan fingerprint density at radius 2 is 1.68 bits per heavy atom. The molecular formula is C19H20N2O4. The Labute approximate surface area is 146 Å². The molecule has 0 aliphatic heterocycles. The number of amides is 2. The molecule has 0 fully saturated rings. The van der Waals surface area contributed by atoms with Gasteiger partial charge in [0, 0.05) is 0 Å². The third-order valence-electron chi connectivity index (χ3n) is 3.67. The first-order valence-electron chi connectivity index (χ1n) is 7.86. The second-order valence-corrected chi connectivity index (χ2v) is 5.63. The van der Waals surface area contributed by atoms with Crippen LogP contribution in [0, 0.1) is 0 Å². The fraction of sp³-hybridized carbons (Fsp3) is 0.211. The van der Waals surface area contributed by atoms with Gasteiger partial charge < -0.3 is 15.8 Å². The second-order valence-electron chi connectivity index (χ2n) is 5.63. The number of nitrogens with one attached hydrogen (secondary N) is 1. The molecule has 0 aromatic heterocycles. The normalized spacial score (nSPS) is 11.4. The number of carbonyl (C=O) groups excluding carboxylic acids is 3. The van der Waals surface area contributed by atoms with Crippen LogP contribution >= 0.6 is 0 Å². The van der Waals surface area contributed by atoms with E-state index in [4.69, 9.17) is 10.5 Å². The summed E-state index contributed by atoms with van der Waals surface area (Å²) in [5.74, 6) is -1.65. The zero-order chi connectivity index (χ0) is 18.2. The summed E-state index contributed by atoms with van der Waals surface area (Å²) in [5.41, 5.74) is 6.75. The molecular weight excluding hydrogens is 320 g/mol. The maximum Gasteiger partial charge on any atom is 0.306 e. The molecule has 0 bridgehead atoms. The zero-order valence-corrected chi connectivity index (χ0v) is 13.9. The summed E-state index contributed by atoms with van der Waals surface area (Å²) in [7, 11) is 0. The van der Waals surface area contributed by atoms with Crippen molar-refractivity contribution >= 4 is 23.5 Å². The molecule has 2 aromatic rings. The van der Waals surface area contributed by atoms with Crippen LogP contribution in [0.15, 0.2) is 54.6 Å². The number of rotatable bonds is 7. The first kappa shape index (κ1) is 18.2. The van der Waals surface area contributed by atoms with Gasteiger partial charge in [0.1, 0.15) is 0 Å². The van der Waals surface area contributed by atoms with Crippen LogP contribution in [-0.4, -0.2) is 24.4 Å². The van der Waals surface area contributed by atoms with Gasteiger partial charge in [-0.1, -0.05) is 49.4 Å². The van der Waals surface area contributed by atoms with E-state index < -0.39 is 24.4 Å². The van der Waals surface area contributed by atoms with Crippen molar-refractivity contribution in [2.24, 2.45) is 5.73 Å². The summed E-state index contributed by atoms with van der Waals surface area (Å²) in [5, 5.41) is 2.52. The number of nitrogens with two attached hydrogens (primary N) is 1. The van der Waals surface area contributed by atoms with Crippen molar-refractivity contribution in [1.29, 1.82) is 0 Å². The minimum Gasteiger partial charge on any atom is -0.456 e. The lowest BCUT2D eigenvalue weighted by molar-refractivity contribution is -0.147. The van der Waals surface area contributed by atoms with E-state index in [1.807, 2.05) is 37.3 Å². The molecule has 0 heterocycles. The molecule has 0 aliphatic carbocycles. The Balaban J connectivity index is 1.84. The van der Waals surface area contributed by atoms with Gasteiger partial charge in [-0.05, 0) is 23.6 Å². The first-order chi connectivity index (χ1) is 12.0. The van der Waals surface area contributed by atoms with Gasteiger partial charge in [0.15, 0.2) is 6.61 Å². The summed E-state index contributed by atoms with van der Waals surface area (Å²) in [6.45, 7) is 1.49. The summed E-state index contributed by atoms with van der Waals surface area (Å²) in [4.78, 5) is 35.1. The van der Waals surface area contributed by atoms with E-state index in [1.54, 1.807) is 18.2 Å². The number of carbonyl (C=O) groups is 3. The summed E-state index contributed by atoms with van der Waals surface area (Å²) >= 11 is 0. The third-order valence-corrected chi connectivity index (χ3v) is 3.67. The van der Waals surface area contributed by atoms with Crippen LogP contribution in [0.2, 0.25) is 0 Å². The number of hydrogen-bond donors (Lipinski definition) is 2. The monoisotopic (exact) mass is 340 g/mol. The molecule has 6 heteroatoms. The van der Waals surface area contributed by atoms with Crippen molar-refractivity contribution in [3.05, 3.63) is 65.7 Å². The molecule has 2 amide bonds.